The fourth-order valence-electron chi connectivity index (χ4n) is 1.49. The quantitative estimate of drug-likeness (QED) is 0.693. The summed E-state index contributed by atoms with van der Waals surface area (Å²) in [5.41, 5.74) is -0.436. The molecule has 0 spiro atoms. The van der Waals surface area contributed by atoms with E-state index in [2.05, 4.69) is 0 Å². The highest BCUT2D eigenvalue weighted by Gasteiger charge is 2.20. The van der Waals surface area contributed by atoms with Crippen LogP contribution in [0.4, 0.5) is 0 Å². The molecular weight excluding hydrogens is 226 g/mol. The predicted molar refractivity (Wildman–Crippen MR) is 64.4 cm³/mol. The van der Waals surface area contributed by atoms with Crippen LogP contribution in [-0.4, -0.2) is 14.2 Å². The summed E-state index contributed by atoms with van der Waals surface area (Å²) >= 11 is 1.29. The molecule has 0 atom stereocenters. The molecule has 16 heavy (non-hydrogen) atoms. The van der Waals surface area contributed by atoms with E-state index in [1.54, 1.807) is 3.96 Å². The van der Waals surface area contributed by atoms with Gasteiger partial charge < -0.3 is 10.2 Å². The number of aromatic hydroxyl groups is 2. The minimum Gasteiger partial charge on any atom is -0.504 e. The standard InChI is InChI=1S/C11H13NO3S/c1-11(2,3)12-10(15)6-4-7(13)8(14)5-9(6)16-12/h4-5,13-14H,1-3H3. The van der Waals surface area contributed by atoms with Gasteiger partial charge in [0.15, 0.2) is 11.5 Å². The topological polar surface area (TPSA) is 62.5 Å². The van der Waals surface area contributed by atoms with E-state index in [0.717, 1.165) is 0 Å². The third-order valence-electron chi connectivity index (χ3n) is 2.29. The second-order valence-corrected chi connectivity index (χ2v) is 5.69. The summed E-state index contributed by atoms with van der Waals surface area (Å²) in [7, 11) is 0. The number of hydrogen-bond acceptors (Lipinski definition) is 4. The molecule has 0 aliphatic carbocycles. The average Bonchev–Trinajstić information content (AvgIpc) is 2.45. The van der Waals surface area contributed by atoms with E-state index < -0.39 is 0 Å². The van der Waals surface area contributed by atoms with Crippen molar-refractivity contribution in [3.05, 3.63) is 22.5 Å². The van der Waals surface area contributed by atoms with Gasteiger partial charge in [-0.2, -0.15) is 0 Å². The Morgan fingerprint density at radius 3 is 2.31 bits per heavy atom. The van der Waals surface area contributed by atoms with Gasteiger partial charge in [-0.1, -0.05) is 11.5 Å². The Hall–Kier alpha value is -1.49. The lowest BCUT2D eigenvalue weighted by molar-refractivity contribution is 0.405. The van der Waals surface area contributed by atoms with Crippen LogP contribution < -0.4 is 5.56 Å². The van der Waals surface area contributed by atoms with E-state index in [0.29, 0.717) is 10.1 Å². The third kappa shape index (κ3) is 1.57. The summed E-state index contributed by atoms with van der Waals surface area (Å²) in [6.45, 7) is 5.80. The second kappa shape index (κ2) is 3.25. The second-order valence-electron chi connectivity index (χ2n) is 4.70. The molecule has 5 heteroatoms. The molecule has 1 heterocycles. The first-order valence-electron chi connectivity index (χ1n) is 4.89. The molecular formula is C11H13NO3S. The number of aromatic nitrogens is 1. The normalized spacial score (nSPS) is 12.2. The van der Waals surface area contributed by atoms with E-state index >= 15 is 0 Å². The largest absolute Gasteiger partial charge is 0.504 e. The molecule has 2 N–H and O–H groups in total. The lowest BCUT2D eigenvalue weighted by atomic mass is 10.1. The molecule has 0 radical (unpaired) electrons. The van der Waals surface area contributed by atoms with Crippen molar-refractivity contribution in [1.29, 1.82) is 0 Å². The Balaban J connectivity index is 2.84. The van der Waals surface area contributed by atoms with E-state index in [9.17, 15) is 15.0 Å². The molecule has 0 unspecified atom stereocenters. The van der Waals surface area contributed by atoms with Crippen LogP contribution in [0.1, 0.15) is 20.8 Å². The fourth-order valence-corrected chi connectivity index (χ4v) is 2.55. The minimum atomic E-state index is -0.300. The van der Waals surface area contributed by atoms with Gasteiger partial charge in [0.2, 0.25) is 0 Å². The average molecular weight is 239 g/mol. The molecule has 86 valence electrons. The van der Waals surface area contributed by atoms with Crippen LogP contribution in [0, 0.1) is 0 Å². The van der Waals surface area contributed by atoms with Crippen molar-refractivity contribution in [2.45, 2.75) is 26.3 Å². The Morgan fingerprint density at radius 1 is 1.19 bits per heavy atom. The maximum Gasteiger partial charge on any atom is 0.269 e. The van der Waals surface area contributed by atoms with Gasteiger partial charge in [-0.3, -0.25) is 8.75 Å². The molecule has 1 aromatic heterocycles. The van der Waals surface area contributed by atoms with Gasteiger partial charge in [-0.05, 0) is 26.8 Å². The monoisotopic (exact) mass is 239 g/mol. The maximum atomic E-state index is 12.0. The molecule has 0 saturated carbocycles. The van der Waals surface area contributed by atoms with Crippen LogP contribution in [0.5, 0.6) is 11.5 Å². The molecule has 2 aromatic rings. The van der Waals surface area contributed by atoms with Gasteiger partial charge in [0.1, 0.15) is 0 Å². The first kappa shape index (κ1) is 11.0. The van der Waals surface area contributed by atoms with Gasteiger partial charge in [0.25, 0.3) is 5.56 Å². The number of nitrogens with zero attached hydrogens (tertiary/aromatic N) is 1. The van der Waals surface area contributed by atoms with Gasteiger partial charge in [0, 0.05) is 6.07 Å². The van der Waals surface area contributed by atoms with Gasteiger partial charge in [-0.15, -0.1) is 0 Å². The van der Waals surface area contributed by atoms with Crippen LogP contribution in [-0.2, 0) is 5.54 Å². The third-order valence-corrected chi connectivity index (χ3v) is 3.72. The number of phenols is 2. The number of phenolic OH excluding ortho intramolecular Hbond substituents is 2. The first-order valence-corrected chi connectivity index (χ1v) is 5.66. The summed E-state index contributed by atoms with van der Waals surface area (Å²) < 4.78 is 2.31. The highest BCUT2D eigenvalue weighted by molar-refractivity contribution is 7.14. The zero-order chi connectivity index (χ0) is 12.1. The number of rotatable bonds is 0. The van der Waals surface area contributed by atoms with Crippen LogP contribution >= 0.6 is 11.5 Å². The van der Waals surface area contributed by atoms with Crippen molar-refractivity contribution >= 4 is 21.6 Å². The van der Waals surface area contributed by atoms with Gasteiger partial charge in [0.05, 0.1) is 15.6 Å². The Labute approximate surface area is 96.5 Å². The lowest BCUT2D eigenvalue weighted by Crippen LogP contribution is -2.29. The van der Waals surface area contributed by atoms with Crippen molar-refractivity contribution in [3.63, 3.8) is 0 Å². The van der Waals surface area contributed by atoms with Gasteiger partial charge >= 0.3 is 0 Å². The predicted octanol–water partition coefficient (Wildman–Crippen LogP) is 2.23. The van der Waals surface area contributed by atoms with E-state index in [4.69, 9.17) is 0 Å². The van der Waals surface area contributed by atoms with E-state index in [1.807, 2.05) is 20.8 Å². The first-order chi connectivity index (χ1) is 7.30. The molecule has 0 fully saturated rings. The SMILES string of the molecule is CC(C)(C)n1sc2cc(O)c(O)cc2c1=O. The Morgan fingerprint density at radius 2 is 1.75 bits per heavy atom. The van der Waals surface area contributed by atoms with Crippen LogP contribution in [0.15, 0.2) is 16.9 Å². The highest BCUT2D eigenvalue weighted by atomic mass is 32.1. The zero-order valence-corrected chi connectivity index (χ0v) is 10.1. The summed E-state index contributed by atoms with van der Waals surface area (Å²) in [5.74, 6) is -0.460. The molecule has 4 nitrogen and oxygen atoms in total. The van der Waals surface area contributed by atoms with Crippen LogP contribution in [0.25, 0.3) is 10.1 Å². The van der Waals surface area contributed by atoms with Crippen LogP contribution in [0.2, 0.25) is 0 Å². The van der Waals surface area contributed by atoms with Crippen LogP contribution in [0.3, 0.4) is 0 Å². The molecule has 0 bridgehead atoms. The Kier molecular flexibility index (Phi) is 2.24. The number of hydrogen-bond donors (Lipinski definition) is 2. The molecule has 0 aliphatic heterocycles. The summed E-state index contributed by atoms with van der Waals surface area (Å²) in [4.78, 5) is 12.0. The number of fused-ring (bicyclic) bond motifs is 1. The fraction of sp³-hybridized carbons (Fsp3) is 0.364. The smallest absolute Gasteiger partial charge is 0.269 e. The van der Waals surface area contributed by atoms with Crippen molar-refractivity contribution in [1.82, 2.24) is 3.96 Å². The summed E-state index contributed by atoms with van der Waals surface area (Å²) in [6, 6.07) is 2.73. The van der Waals surface area contributed by atoms with E-state index in [-0.39, 0.29) is 22.6 Å². The summed E-state index contributed by atoms with van der Waals surface area (Å²) in [5, 5.41) is 19.2. The van der Waals surface area contributed by atoms with E-state index in [1.165, 1.54) is 23.7 Å². The van der Waals surface area contributed by atoms with Crippen molar-refractivity contribution in [3.8, 4) is 11.5 Å². The summed E-state index contributed by atoms with van der Waals surface area (Å²) in [6.07, 6.45) is 0. The zero-order valence-electron chi connectivity index (χ0n) is 9.31. The molecule has 2 rings (SSSR count). The molecule has 0 amide bonds. The molecule has 1 aromatic carbocycles. The Bertz CT molecular complexity index is 604. The molecule has 0 saturated heterocycles. The molecule has 0 aliphatic rings. The maximum absolute atomic E-state index is 12.0. The highest BCUT2D eigenvalue weighted by Crippen LogP contribution is 2.32. The van der Waals surface area contributed by atoms with Crippen molar-refractivity contribution in [2.75, 3.05) is 0 Å². The van der Waals surface area contributed by atoms with Crippen molar-refractivity contribution in [2.24, 2.45) is 0 Å². The lowest BCUT2D eigenvalue weighted by Gasteiger charge is -2.17. The van der Waals surface area contributed by atoms with Gasteiger partial charge in [-0.25, -0.2) is 0 Å². The number of benzene rings is 1. The minimum absolute atomic E-state index is 0.136. The van der Waals surface area contributed by atoms with Crippen molar-refractivity contribution < 1.29 is 10.2 Å².